The largest absolute Gasteiger partial charge is 0.481 e. The van der Waals surface area contributed by atoms with Gasteiger partial charge in [0.1, 0.15) is 5.75 Å². The highest BCUT2D eigenvalue weighted by atomic mass is 32.2. The van der Waals surface area contributed by atoms with Crippen molar-refractivity contribution in [2.45, 2.75) is 19.8 Å². The molecule has 0 spiro atoms. The fourth-order valence-corrected chi connectivity index (χ4v) is 3.58. The highest BCUT2D eigenvalue weighted by Gasteiger charge is 2.25. The minimum atomic E-state index is -3.68. The molecule has 0 bridgehead atoms. The van der Waals surface area contributed by atoms with E-state index in [2.05, 4.69) is 5.32 Å². The fraction of sp³-hybridized carbons (Fsp3) is 0.467. The van der Waals surface area contributed by atoms with Crippen LogP contribution < -0.4 is 5.32 Å². The standard InChI is InChI=1S/C15H22N2O5S/c1-3-17(4-2)23(21,22)11-14(18)16-10-13(15(19)20)12-8-6-5-7-9-12/h5-9,13H,3-4,10-11H2,1-2H3,(H,16,18)(H,19,20). The van der Waals surface area contributed by atoms with Crippen molar-refractivity contribution >= 4 is 21.9 Å². The van der Waals surface area contributed by atoms with E-state index in [1.165, 1.54) is 4.31 Å². The number of amides is 1. The van der Waals surface area contributed by atoms with Crippen molar-refractivity contribution in [2.75, 3.05) is 25.4 Å². The van der Waals surface area contributed by atoms with Crippen molar-refractivity contribution in [3.8, 4) is 0 Å². The summed E-state index contributed by atoms with van der Waals surface area (Å²) in [6, 6.07) is 8.47. The van der Waals surface area contributed by atoms with Gasteiger partial charge in [-0.15, -0.1) is 0 Å². The molecule has 1 aromatic carbocycles. The average Bonchev–Trinajstić information content (AvgIpc) is 2.48. The van der Waals surface area contributed by atoms with Crippen molar-refractivity contribution in [1.82, 2.24) is 9.62 Å². The number of aliphatic carboxylic acids is 1. The van der Waals surface area contributed by atoms with E-state index >= 15 is 0 Å². The van der Waals surface area contributed by atoms with Crippen LogP contribution in [0.4, 0.5) is 0 Å². The number of rotatable bonds is 9. The van der Waals surface area contributed by atoms with Crippen molar-refractivity contribution in [2.24, 2.45) is 0 Å². The third-order valence-electron chi connectivity index (χ3n) is 3.42. The molecule has 0 aliphatic heterocycles. The molecule has 1 unspecified atom stereocenters. The summed E-state index contributed by atoms with van der Waals surface area (Å²) in [5.41, 5.74) is 0.548. The number of nitrogens with one attached hydrogen (secondary N) is 1. The van der Waals surface area contributed by atoms with Crippen LogP contribution >= 0.6 is 0 Å². The summed E-state index contributed by atoms with van der Waals surface area (Å²) in [4.78, 5) is 23.2. The van der Waals surface area contributed by atoms with Crippen LogP contribution in [0.1, 0.15) is 25.3 Å². The second-order valence-corrected chi connectivity index (χ2v) is 6.91. The Labute approximate surface area is 136 Å². The number of carbonyl (C=O) groups excluding carboxylic acids is 1. The first-order valence-electron chi connectivity index (χ1n) is 7.34. The van der Waals surface area contributed by atoms with Crippen molar-refractivity contribution in [1.29, 1.82) is 0 Å². The maximum absolute atomic E-state index is 12.0. The number of benzene rings is 1. The Morgan fingerprint density at radius 3 is 2.22 bits per heavy atom. The van der Waals surface area contributed by atoms with Gasteiger partial charge in [0.2, 0.25) is 15.9 Å². The third kappa shape index (κ3) is 5.65. The minimum absolute atomic E-state index is 0.161. The van der Waals surface area contributed by atoms with Crippen LogP contribution in [0.25, 0.3) is 0 Å². The maximum atomic E-state index is 12.0. The van der Waals surface area contributed by atoms with Gasteiger partial charge in [-0.2, -0.15) is 0 Å². The molecule has 0 saturated carbocycles. The molecule has 1 amide bonds. The molecule has 0 fully saturated rings. The summed E-state index contributed by atoms with van der Waals surface area (Å²) >= 11 is 0. The molecule has 2 N–H and O–H groups in total. The zero-order valence-corrected chi connectivity index (χ0v) is 14.0. The van der Waals surface area contributed by atoms with Gasteiger partial charge in [0.05, 0.1) is 5.92 Å². The SMILES string of the molecule is CCN(CC)S(=O)(=O)CC(=O)NCC(C(=O)O)c1ccccc1. The van der Waals surface area contributed by atoms with Gasteiger partial charge in [-0.25, -0.2) is 12.7 Å². The summed E-state index contributed by atoms with van der Waals surface area (Å²) < 4.78 is 25.2. The summed E-state index contributed by atoms with van der Waals surface area (Å²) in [5.74, 6) is -3.39. The molecule has 0 aliphatic rings. The highest BCUT2D eigenvalue weighted by molar-refractivity contribution is 7.89. The minimum Gasteiger partial charge on any atom is -0.481 e. The second-order valence-electron chi connectivity index (χ2n) is 4.95. The van der Waals surface area contributed by atoms with Crippen molar-refractivity contribution in [3.05, 3.63) is 35.9 Å². The highest BCUT2D eigenvalue weighted by Crippen LogP contribution is 2.14. The zero-order chi connectivity index (χ0) is 17.5. The normalized spacial score (nSPS) is 12.8. The Morgan fingerprint density at radius 1 is 1.17 bits per heavy atom. The van der Waals surface area contributed by atoms with Gasteiger partial charge in [-0.3, -0.25) is 9.59 Å². The van der Waals surface area contributed by atoms with Crippen LogP contribution in [0.15, 0.2) is 30.3 Å². The molecule has 0 aromatic heterocycles. The topological polar surface area (TPSA) is 104 Å². The van der Waals surface area contributed by atoms with E-state index < -0.39 is 33.6 Å². The van der Waals surface area contributed by atoms with E-state index in [4.69, 9.17) is 0 Å². The number of hydrogen-bond donors (Lipinski definition) is 2. The molecule has 0 heterocycles. The molecule has 7 nitrogen and oxygen atoms in total. The summed E-state index contributed by atoms with van der Waals surface area (Å²) in [6.45, 7) is 3.79. The lowest BCUT2D eigenvalue weighted by Gasteiger charge is -2.18. The van der Waals surface area contributed by atoms with E-state index in [0.717, 1.165) is 0 Å². The maximum Gasteiger partial charge on any atom is 0.312 e. The van der Waals surface area contributed by atoms with Crippen LogP contribution in [-0.4, -0.2) is 55.1 Å². The zero-order valence-electron chi connectivity index (χ0n) is 13.2. The number of sulfonamides is 1. The van der Waals surface area contributed by atoms with Gasteiger partial charge >= 0.3 is 5.97 Å². The molecule has 8 heteroatoms. The molecular formula is C15H22N2O5S. The lowest BCUT2D eigenvalue weighted by atomic mass is 9.99. The van der Waals surface area contributed by atoms with E-state index in [-0.39, 0.29) is 19.6 Å². The smallest absolute Gasteiger partial charge is 0.312 e. The molecule has 23 heavy (non-hydrogen) atoms. The Balaban J connectivity index is 2.69. The number of hydrogen-bond acceptors (Lipinski definition) is 4. The average molecular weight is 342 g/mol. The van der Waals surface area contributed by atoms with Crippen LogP contribution in [0.5, 0.6) is 0 Å². The van der Waals surface area contributed by atoms with E-state index in [0.29, 0.717) is 5.56 Å². The summed E-state index contributed by atoms with van der Waals surface area (Å²) in [7, 11) is -3.68. The van der Waals surface area contributed by atoms with Gasteiger partial charge in [0, 0.05) is 19.6 Å². The number of carboxylic acid groups (broad SMARTS) is 1. The third-order valence-corrected chi connectivity index (χ3v) is 5.35. The molecule has 1 rings (SSSR count). The number of carboxylic acids is 1. The summed E-state index contributed by atoms with van der Waals surface area (Å²) in [5, 5.41) is 11.7. The predicted octanol–water partition coefficient (Wildman–Crippen LogP) is 0.643. The Morgan fingerprint density at radius 2 is 1.74 bits per heavy atom. The van der Waals surface area contributed by atoms with Gasteiger partial charge in [0.15, 0.2) is 0 Å². The van der Waals surface area contributed by atoms with Gasteiger partial charge < -0.3 is 10.4 Å². The second kappa shape index (κ2) is 8.64. The van der Waals surface area contributed by atoms with Gasteiger partial charge in [-0.1, -0.05) is 44.2 Å². The molecule has 0 aliphatic carbocycles. The number of carbonyl (C=O) groups is 2. The monoisotopic (exact) mass is 342 g/mol. The molecule has 0 saturated heterocycles. The quantitative estimate of drug-likeness (QED) is 0.685. The molecule has 0 radical (unpaired) electrons. The molecule has 128 valence electrons. The van der Waals surface area contributed by atoms with Gasteiger partial charge in [0.25, 0.3) is 0 Å². The number of nitrogens with zero attached hydrogens (tertiary/aromatic N) is 1. The van der Waals surface area contributed by atoms with Crippen LogP contribution in [0, 0.1) is 0 Å². The van der Waals surface area contributed by atoms with E-state index in [1.807, 2.05) is 0 Å². The van der Waals surface area contributed by atoms with E-state index in [9.17, 15) is 23.1 Å². The van der Waals surface area contributed by atoms with Crippen molar-refractivity contribution < 1.29 is 23.1 Å². The Hall–Kier alpha value is -1.93. The predicted molar refractivity (Wildman–Crippen MR) is 86.5 cm³/mol. The first kappa shape index (κ1) is 19.1. The first-order valence-corrected chi connectivity index (χ1v) is 8.95. The lowest BCUT2D eigenvalue weighted by Crippen LogP contribution is -2.41. The van der Waals surface area contributed by atoms with Crippen LogP contribution in [0.3, 0.4) is 0 Å². The van der Waals surface area contributed by atoms with Crippen molar-refractivity contribution in [3.63, 3.8) is 0 Å². The summed E-state index contributed by atoms with van der Waals surface area (Å²) in [6.07, 6.45) is 0. The Bertz CT molecular complexity index is 627. The van der Waals surface area contributed by atoms with Gasteiger partial charge in [-0.05, 0) is 5.56 Å². The van der Waals surface area contributed by atoms with Crippen LogP contribution in [0.2, 0.25) is 0 Å². The molecular weight excluding hydrogens is 320 g/mol. The lowest BCUT2D eigenvalue weighted by molar-refractivity contribution is -0.138. The van der Waals surface area contributed by atoms with E-state index in [1.54, 1.807) is 44.2 Å². The Kier molecular flexibility index (Phi) is 7.18. The van der Waals surface area contributed by atoms with Crippen LogP contribution in [-0.2, 0) is 19.6 Å². The molecule has 1 aromatic rings. The first-order chi connectivity index (χ1) is 10.8. The molecule has 1 atom stereocenters. The fourth-order valence-electron chi connectivity index (χ4n) is 2.17.